The maximum absolute atomic E-state index is 8.34. The van der Waals surface area contributed by atoms with E-state index in [0.29, 0.717) is 6.42 Å². The van der Waals surface area contributed by atoms with Crippen LogP contribution in [0.4, 0.5) is 0 Å². The van der Waals surface area contributed by atoms with Gasteiger partial charge in [-0.2, -0.15) is 5.26 Å². The number of hydrogen-bond acceptors (Lipinski definition) is 2. The third-order valence-electron chi connectivity index (χ3n) is 0.967. The van der Waals surface area contributed by atoms with Crippen molar-refractivity contribution in [2.75, 3.05) is 7.11 Å². The highest BCUT2D eigenvalue weighted by Crippen LogP contribution is 2.05. The van der Waals surface area contributed by atoms with Gasteiger partial charge in [-0.15, -0.1) is 11.6 Å². The molecule has 0 aliphatic carbocycles. The molecule has 0 bridgehead atoms. The molecule has 0 N–H and O–H groups in total. The molecule has 0 aromatic heterocycles. The molecule has 0 radical (unpaired) electrons. The Morgan fingerprint density at radius 1 is 1.78 bits per heavy atom. The number of ether oxygens (including phenoxy) is 1. The van der Waals surface area contributed by atoms with Crippen LogP contribution in [-0.2, 0) is 4.74 Å². The largest absolute Gasteiger partial charge is 0.366 e. The van der Waals surface area contributed by atoms with Crippen molar-refractivity contribution in [2.24, 2.45) is 0 Å². The summed E-state index contributed by atoms with van der Waals surface area (Å²) in [6.07, 6.45) is 0.242. The van der Waals surface area contributed by atoms with Gasteiger partial charge in [0.1, 0.15) is 6.10 Å². The van der Waals surface area contributed by atoms with E-state index >= 15 is 0 Å². The second-order valence-electron chi connectivity index (χ2n) is 1.87. The van der Waals surface area contributed by atoms with Gasteiger partial charge in [0.05, 0.1) is 6.07 Å². The average Bonchev–Trinajstić information content (AvgIpc) is 1.82. The number of nitrogens with zero attached hydrogens (tertiary/aromatic N) is 1. The molecule has 52 valence electrons. The Morgan fingerprint density at radius 3 is 2.44 bits per heavy atom. The van der Waals surface area contributed by atoms with Crippen LogP contribution >= 0.6 is 11.6 Å². The minimum absolute atomic E-state index is 0.00889. The third kappa shape index (κ3) is 4.26. The maximum atomic E-state index is 8.34. The van der Waals surface area contributed by atoms with Crippen LogP contribution in [0.2, 0.25) is 0 Å². The summed E-state index contributed by atoms with van der Waals surface area (Å²) < 4.78 is 4.76. The molecule has 0 saturated carbocycles. The molecule has 0 saturated heterocycles. The summed E-state index contributed by atoms with van der Waals surface area (Å²) in [5.41, 5.74) is 0. The van der Waals surface area contributed by atoms with E-state index in [1.807, 2.05) is 13.0 Å². The van der Waals surface area contributed by atoms with E-state index < -0.39 is 0 Å². The van der Waals surface area contributed by atoms with Gasteiger partial charge in [0, 0.05) is 18.9 Å². The fourth-order valence-electron chi connectivity index (χ4n) is 0.497. The molecule has 2 unspecified atom stereocenters. The van der Waals surface area contributed by atoms with Crippen LogP contribution in [0.15, 0.2) is 0 Å². The van der Waals surface area contributed by atoms with E-state index in [2.05, 4.69) is 0 Å². The van der Waals surface area contributed by atoms with E-state index in [1.165, 1.54) is 7.11 Å². The smallest absolute Gasteiger partial charge is 0.145 e. The summed E-state index contributed by atoms with van der Waals surface area (Å²) in [7, 11) is 1.51. The van der Waals surface area contributed by atoms with Gasteiger partial charge in [0.15, 0.2) is 0 Å². The first-order chi connectivity index (χ1) is 4.20. The summed E-state index contributed by atoms with van der Waals surface area (Å²) in [4.78, 5) is 0. The zero-order valence-corrected chi connectivity index (χ0v) is 6.35. The minimum Gasteiger partial charge on any atom is -0.366 e. The minimum atomic E-state index is -0.350. The van der Waals surface area contributed by atoms with Crippen LogP contribution in [0.3, 0.4) is 0 Å². The Hall–Kier alpha value is -0.260. The standard InChI is InChI=1S/C6H10ClNO/c1-5(7)3-6(4-8)9-2/h5-6H,3H2,1-2H3. The molecule has 0 aromatic rings. The maximum Gasteiger partial charge on any atom is 0.145 e. The van der Waals surface area contributed by atoms with Crippen LogP contribution in [-0.4, -0.2) is 18.6 Å². The van der Waals surface area contributed by atoms with Crippen LogP contribution < -0.4 is 0 Å². The molecule has 0 spiro atoms. The van der Waals surface area contributed by atoms with Gasteiger partial charge in [-0.25, -0.2) is 0 Å². The lowest BCUT2D eigenvalue weighted by Gasteiger charge is -2.06. The Labute approximate surface area is 60.4 Å². The highest BCUT2D eigenvalue weighted by molar-refractivity contribution is 6.20. The molecule has 2 atom stereocenters. The van der Waals surface area contributed by atoms with Gasteiger partial charge in [-0.1, -0.05) is 0 Å². The Kier molecular flexibility index (Phi) is 4.47. The summed E-state index contributed by atoms with van der Waals surface area (Å²) in [6.45, 7) is 1.84. The van der Waals surface area contributed by atoms with Crippen molar-refractivity contribution in [2.45, 2.75) is 24.8 Å². The number of nitriles is 1. The van der Waals surface area contributed by atoms with Crippen molar-refractivity contribution in [1.29, 1.82) is 5.26 Å². The van der Waals surface area contributed by atoms with Crippen molar-refractivity contribution in [3.05, 3.63) is 0 Å². The van der Waals surface area contributed by atoms with Crippen molar-refractivity contribution in [1.82, 2.24) is 0 Å². The topological polar surface area (TPSA) is 33.0 Å². The lowest BCUT2D eigenvalue weighted by molar-refractivity contribution is 0.139. The van der Waals surface area contributed by atoms with E-state index in [-0.39, 0.29) is 11.5 Å². The molecule has 0 heterocycles. The zero-order valence-electron chi connectivity index (χ0n) is 5.60. The second kappa shape index (κ2) is 4.60. The molecule has 0 amide bonds. The van der Waals surface area contributed by atoms with Crippen LogP contribution in [0.1, 0.15) is 13.3 Å². The van der Waals surface area contributed by atoms with Gasteiger partial charge < -0.3 is 4.74 Å². The fourth-order valence-corrected chi connectivity index (χ4v) is 0.658. The highest BCUT2D eigenvalue weighted by atomic mass is 35.5. The highest BCUT2D eigenvalue weighted by Gasteiger charge is 2.07. The molecular weight excluding hydrogens is 138 g/mol. The lowest BCUT2D eigenvalue weighted by atomic mass is 10.2. The second-order valence-corrected chi connectivity index (χ2v) is 2.61. The molecular formula is C6H10ClNO. The number of rotatable bonds is 3. The first-order valence-electron chi connectivity index (χ1n) is 2.77. The van der Waals surface area contributed by atoms with Crippen LogP contribution in [0.5, 0.6) is 0 Å². The summed E-state index contributed by atoms with van der Waals surface area (Å²) in [6, 6.07) is 1.98. The van der Waals surface area contributed by atoms with Gasteiger partial charge in [0.25, 0.3) is 0 Å². The number of halogens is 1. The number of hydrogen-bond donors (Lipinski definition) is 0. The summed E-state index contributed by atoms with van der Waals surface area (Å²) in [5, 5.41) is 8.35. The number of methoxy groups -OCH3 is 1. The zero-order chi connectivity index (χ0) is 7.28. The predicted octanol–water partition coefficient (Wildman–Crippen LogP) is 1.54. The van der Waals surface area contributed by atoms with E-state index in [1.54, 1.807) is 0 Å². The van der Waals surface area contributed by atoms with Gasteiger partial charge >= 0.3 is 0 Å². The van der Waals surface area contributed by atoms with Crippen molar-refractivity contribution < 1.29 is 4.74 Å². The third-order valence-corrected chi connectivity index (χ3v) is 1.15. The molecule has 0 aromatic carbocycles. The van der Waals surface area contributed by atoms with E-state index in [0.717, 1.165) is 0 Å². The molecule has 0 aliphatic rings. The van der Waals surface area contributed by atoms with Crippen LogP contribution in [0.25, 0.3) is 0 Å². The molecule has 0 rings (SSSR count). The Balaban J connectivity index is 3.47. The number of alkyl halides is 1. The van der Waals surface area contributed by atoms with Crippen molar-refractivity contribution in [3.8, 4) is 6.07 Å². The Morgan fingerprint density at radius 2 is 2.33 bits per heavy atom. The van der Waals surface area contributed by atoms with Gasteiger partial charge in [-0.3, -0.25) is 0 Å². The lowest BCUT2D eigenvalue weighted by Crippen LogP contribution is -2.11. The molecule has 2 nitrogen and oxygen atoms in total. The predicted molar refractivity (Wildman–Crippen MR) is 36.3 cm³/mol. The van der Waals surface area contributed by atoms with Crippen molar-refractivity contribution in [3.63, 3.8) is 0 Å². The SMILES string of the molecule is COC(C#N)CC(C)Cl. The van der Waals surface area contributed by atoms with E-state index in [9.17, 15) is 0 Å². The Bertz CT molecular complexity index is 108. The summed E-state index contributed by atoms with van der Waals surface area (Å²) in [5.74, 6) is 0. The average molecular weight is 148 g/mol. The fraction of sp³-hybridized carbons (Fsp3) is 0.833. The molecule has 0 fully saturated rings. The van der Waals surface area contributed by atoms with Crippen LogP contribution in [0, 0.1) is 11.3 Å². The summed E-state index contributed by atoms with van der Waals surface area (Å²) >= 11 is 5.60. The van der Waals surface area contributed by atoms with Crippen molar-refractivity contribution >= 4 is 11.6 Å². The van der Waals surface area contributed by atoms with E-state index in [4.69, 9.17) is 21.6 Å². The molecule has 3 heteroatoms. The first kappa shape index (κ1) is 8.74. The molecule has 9 heavy (non-hydrogen) atoms. The van der Waals surface area contributed by atoms with Gasteiger partial charge in [0.2, 0.25) is 0 Å². The molecule has 0 aliphatic heterocycles. The normalized spacial score (nSPS) is 16.2. The monoisotopic (exact) mass is 147 g/mol. The van der Waals surface area contributed by atoms with Gasteiger partial charge in [-0.05, 0) is 6.92 Å². The first-order valence-corrected chi connectivity index (χ1v) is 3.20. The quantitative estimate of drug-likeness (QED) is 0.568.